The number of aliphatic carboxylic acids is 1. The molecule has 0 aromatic heterocycles. The zero-order valence-electron chi connectivity index (χ0n) is 11.6. The number of hydrogen-bond donors (Lipinski definition) is 3. The Morgan fingerprint density at radius 3 is 2.58 bits per heavy atom. The van der Waals surface area contributed by atoms with Crippen LogP contribution < -0.4 is 10.6 Å². The number of rotatable bonds is 9. The topological polar surface area (TPSA) is 87.7 Å². The molecule has 0 aliphatic heterocycles. The van der Waals surface area contributed by atoms with Crippen molar-refractivity contribution in [3.8, 4) is 0 Å². The minimum atomic E-state index is -1.01. The van der Waals surface area contributed by atoms with Crippen LogP contribution in [0.3, 0.4) is 0 Å². The van der Waals surface area contributed by atoms with Crippen molar-refractivity contribution >= 4 is 12.0 Å². The van der Waals surface area contributed by atoms with Crippen molar-refractivity contribution < 1.29 is 19.4 Å². The SMILES string of the molecule is CC(C)C[C@H](NC(=O)NCCOCC1CC1)C(=O)O. The number of hydrogen-bond acceptors (Lipinski definition) is 3. The van der Waals surface area contributed by atoms with Gasteiger partial charge in [0.05, 0.1) is 6.61 Å². The Hall–Kier alpha value is -1.30. The van der Waals surface area contributed by atoms with Gasteiger partial charge in [0.15, 0.2) is 0 Å². The number of carboxylic acid groups (broad SMARTS) is 1. The van der Waals surface area contributed by atoms with Gasteiger partial charge in [0, 0.05) is 13.2 Å². The van der Waals surface area contributed by atoms with Gasteiger partial charge < -0.3 is 20.5 Å². The average molecular weight is 272 g/mol. The third-order valence-electron chi connectivity index (χ3n) is 2.89. The van der Waals surface area contributed by atoms with Crippen molar-refractivity contribution in [1.29, 1.82) is 0 Å². The lowest BCUT2D eigenvalue weighted by atomic mass is 10.0. The van der Waals surface area contributed by atoms with Gasteiger partial charge in [0.2, 0.25) is 0 Å². The lowest BCUT2D eigenvalue weighted by molar-refractivity contribution is -0.139. The lowest BCUT2D eigenvalue weighted by Gasteiger charge is -2.16. The first kappa shape index (κ1) is 15.8. The molecule has 3 N–H and O–H groups in total. The summed E-state index contributed by atoms with van der Waals surface area (Å²) in [7, 11) is 0. The van der Waals surface area contributed by atoms with Crippen molar-refractivity contribution in [2.24, 2.45) is 11.8 Å². The average Bonchev–Trinajstić information content (AvgIpc) is 3.11. The highest BCUT2D eigenvalue weighted by Gasteiger charge is 2.22. The van der Waals surface area contributed by atoms with Crippen LogP contribution in [0.4, 0.5) is 4.79 Å². The van der Waals surface area contributed by atoms with Gasteiger partial charge in [-0.1, -0.05) is 13.8 Å². The van der Waals surface area contributed by atoms with E-state index in [1.54, 1.807) is 0 Å². The highest BCUT2D eigenvalue weighted by Crippen LogP contribution is 2.28. The maximum Gasteiger partial charge on any atom is 0.326 e. The Labute approximate surface area is 113 Å². The third kappa shape index (κ3) is 7.66. The van der Waals surface area contributed by atoms with Crippen molar-refractivity contribution in [2.45, 2.75) is 39.2 Å². The van der Waals surface area contributed by atoms with Gasteiger partial charge in [-0.15, -0.1) is 0 Å². The Morgan fingerprint density at radius 2 is 2.05 bits per heavy atom. The normalized spacial score (nSPS) is 16.2. The number of urea groups is 1. The van der Waals surface area contributed by atoms with Crippen LogP contribution in [0.15, 0.2) is 0 Å². The molecule has 6 heteroatoms. The van der Waals surface area contributed by atoms with Gasteiger partial charge >= 0.3 is 12.0 Å². The van der Waals surface area contributed by atoms with Crippen LogP contribution in [0, 0.1) is 11.8 Å². The molecule has 6 nitrogen and oxygen atoms in total. The van der Waals surface area contributed by atoms with E-state index in [1.165, 1.54) is 12.8 Å². The van der Waals surface area contributed by atoms with Crippen LogP contribution in [0.25, 0.3) is 0 Å². The van der Waals surface area contributed by atoms with Crippen LogP contribution in [0.1, 0.15) is 33.1 Å². The summed E-state index contributed by atoms with van der Waals surface area (Å²) in [5.74, 6) is -0.0895. The Balaban J connectivity index is 2.10. The molecule has 110 valence electrons. The summed E-state index contributed by atoms with van der Waals surface area (Å²) in [6, 6.07) is -1.30. The number of nitrogens with one attached hydrogen (secondary N) is 2. The van der Waals surface area contributed by atoms with Crippen LogP contribution in [-0.2, 0) is 9.53 Å². The number of carbonyl (C=O) groups is 2. The molecule has 1 fully saturated rings. The minimum Gasteiger partial charge on any atom is -0.480 e. The van der Waals surface area contributed by atoms with Gasteiger partial charge in [-0.05, 0) is 31.1 Å². The summed E-state index contributed by atoms with van der Waals surface area (Å²) in [5, 5.41) is 14.0. The molecular formula is C13H24N2O4. The molecule has 0 saturated heterocycles. The molecule has 1 saturated carbocycles. The maximum absolute atomic E-state index is 11.5. The smallest absolute Gasteiger partial charge is 0.326 e. The number of ether oxygens (including phenoxy) is 1. The first-order valence-corrected chi connectivity index (χ1v) is 6.84. The van der Waals surface area contributed by atoms with Crippen LogP contribution in [0.2, 0.25) is 0 Å². The van der Waals surface area contributed by atoms with Crippen LogP contribution in [-0.4, -0.2) is 42.9 Å². The predicted molar refractivity (Wildman–Crippen MR) is 71.0 cm³/mol. The second kappa shape index (κ2) is 7.99. The molecule has 2 amide bonds. The van der Waals surface area contributed by atoms with Crippen molar-refractivity contribution in [3.63, 3.8) is 0 Å². The second-order valence-corrected chi connectivity index (χ2v) is 5.44. The monoisotopic (exact) mass is 272 g/mol. The van der Waals surface area contributed by atoms with Crippen molar-refractivity contribution in [2.75, 3.05) is 19.8 Å². The fraction of sp³-hybridized carbons (Fsp3) is 0.846. The standard InChI is InChI=1S/C13H24N2O4/c1-9(2)7-11(12(16)17)15-13(18)14-5-6-19-8-10-3-4-10/h9-11H,3-8H2,1-2H3,(H,16,17)(H2,14,15,18)/t11-/m0/s1. The Kier molecular flexibility index (Phi) is 6.62. The first-order chi connectivity index (χ1) is 8.99. The number of carbonyl (C=O) groups excluding carboxylic acids is 1. The fourth-order valence-electron chi connectivity index (χ4n) is 1.67. The first-order valence-electron chi connectivity index (χ1n) is 6.84. The molecule has 0 aromatic rings. The molecule has 0 heterocycles. The summed E-state index contributed by atoms with van der Waals surface area (Å²) in [6.07, 6.45) is 2.90. The van der Waals surface area contributed by atoms with Gasteiger partial charge in [0.1, 0.15) is 6.04 Å². The van der Waals surface area contributed by atoms with E-state index < -0.39 is 18.0 Å². The maximum atomic E-state index is 11.5. The predicted octanol–water partition coefficient (Wildman–Crippen LogP) is 1.21. The summed E-state index contributed by atoms with van der Waals surface area (Å²) < 4.78 is 5.37. The molecule has 1 rings (SSSR count). The van der Waals surface area contributed by atoms with E-state index >= 15 is 0 Å². The van der Waals surface area contributed by atoms with Gasteiger partial charge in [0.25, 0.3) is 0 Å². The highest BCUT2D eigenvalue weighted by molar-refractivity contribution is 5.82. The zero-order chi connectivity index (χ0) is 14.3. The molecule has 1 aliphatic carbocycles. The molecule has 0 aromatic carbocycles. The molecule has 0 bridgehead atoms. The van der Waals surface area contributed by atoms with E-state index in [1.807, 2.05) is 13.8 Å². The summed E-state index contributed by atoms with van der Waals surface area (Å²) >= 11 is 0. The van der Waals surface area contributed by atoms with Crippen molar-refractivity contribution in [1.82, 2.24) is 10.6 Å². The van der Waals surface area contributed by atoms with Gasteiger partial charge in [-0.25, -0.2) is 9.59 Å². The van der Waals surface area contributed by atoms with E-state index in [9.17, 15) is 9.59 Å². The summed E-state index contributed by atoms with van der Waals surface area (Å²) in [4.78, 5) is 22.5. The molecule has 0 unspecified atom stereocenters. The third-order valence-corrected chi connectivity index (χ3v) is 2.89. The molecule has 19 heavy (non-hydrogen) atoms. The van der Waals surface area contributed by atoms with E-state index in [0.29, 0.717) is 25.5 Å². The van der Waals surface area contributed by atoms with E-state index in [2.05, 4.69) is 10.6 Å². The summed E-state index contributed by atoms with van der Waals surface area (Å²) in [6.45, 7) is 5.45. The molecule has 1 atom stereocenters. The fourth-order valence-corrected chi connectivity index (χ4v) is 1.67. The van der Waals surface area contributed by atoms with Crippen LogP contribution >= 0.6 is 0 Å². The lowest BCUT2D eigenvalue weighted by Crippen LogP contribution is -2.47. The largest absolute Gasteiger partial charge is 0.480 e. The molecule has 1 aliphatic rings. The Bertz CT molecular complexity index is 303. The molecular weight excluding hydrogens is 248 g/mol. The van der Waals surface area contributed by atoms with E-state index in [4.69, 9.17) is 9.84 Å². The van der Waals surface area contributed by atoms with Gasteiger partial charge in [-0.2, -0.15) is 0 Å². The number of carboxylic acids is 1. The quantitative estimate of drug-likeness (QED) is 0.551. The zero-order valence-corrected chi connectivity index (χ0v) is 11.6. The van der Waals surface area contributed by atoms with E-state index in [-0.39, 0.29) is 5.92 Å². The highest BCUT2D eigenvalue weighted by atomic mass is 16.5. The molecule has 0 spiro atoms. The van der Waals surface area contributed by atoms with Gasteiger partial charge in [-0.3, -0.25) is 0 Å². The van der Waals surface area contributed by atoms with E-state index in [0.717, 1.165) is 6.61 Å². The number of amides is 2. The summed E-state index contributed by atoms with van der Waals surface area (Å²) in [5.41, 5.74) is 0. The minimum absolute atomic E-state index is 0.211. The van der Waals surface area contributed by atoms with Crippen LogP contribution in [0.5, 0.6) is 0 Å². The molecule has 0 radical (unpaired) electrons. The van der Waals surface area contributed by atoms with Crippen molar-refractivity contribution in [3.05, 3.63) is 0 Å². The second-order valence-electron chi connectivity index (χ2n) is 5.44. The Morgan fingerprint density at radius 1 is 1.37 bits per heavy atom.